The molecular formula is C29H33I3N4O16S. The van der Waals surface area contributed by atoms with Gasteiger partial charge in [0.2, 0.25) is 5.91 Å². The first-order valence-corrected chi connectivity index (χ1v) is 19.4. The number of hydrogen-bond acceptors (Lipinski definition) is 13. The molecule has 0 bridgehead atoms. The largest absolute Gasteiger partial charge is 0.506 e. The maximum atomic E-state index is 13.2. The molecule has 0 spiro atoms. The second-order valence-corrected chi connectivity index (χ2v) is 15.6. The minimum absolute atomic E-state index is 0.122. The molecule has 0 saturated heterocycles. The third-order valence-corrected chi connectivity index (χ3v) is 10.1. The zero-order valence-corrected chi connectivity index (χ0v) is 34.4. The zero-order chi connectivity index (χ0) is 40.2. The topological polar surface area (TPSA) is 309 Å². The number of benzene rings is 2. The molecule has 0 unspecified atom stereocenters. The predicted octanol–water partition coefficient (Wildman–Crippen LogP) is 0.411. The number of phenolic OH excluding ortho intramolecular Hbond substituents is 1. The Labute approximate surface area is 342 Å². The van der Waals surface area contributed by atoms with Crippen molar-refractivity contribution in [2.24, 2.45) is 0 Å². The number of nitrogens with one attached hydrogen (secondary N) is 1. The summed E-state index contributed by atoms with van der Waals surface area (Å²) in [7, 11) is -4.84. The molecule has 24 heteroatoms. The van der Waals surface area contributed by atoms with Gasteiger partial charge in [-0.15, -0.1) is 0 Å². The molecule has 0 saturated carbocycles. The molecule has 0 heterocycles. The fourth-order valence-corrected chi connectivity index (χ4v) is 8.12. The van der Waals surface area contributed by atoms with Crippen molar-refractivity contribution in [3.05, 3.63) is 40.5 Å². The monoisotopic (exact) mass is 1110 g/mol. The van der Waals surface area contributed by atoms with E-state index in [1.165, 1.54) is 29.2 Å². The highest BCUT2D eigenvalue weighted by atomic mass is 127. The van der Waals surface area contributed by atoms with Gasteiger partial charge in [0.25, 0.3) is 0 Å². The van der Waals surface area contributed by atoms with Crippen LogP contribution < -0.4 is 9.50 Å². The molecule has 2 aromatic rings. The Bertz CT molecular complexity index is 1810. The molecule has 53 heavy (non-hydrogen) atoms. The molecule has 1 amide bonds. The van der Waals surface area contributed by atoms with Crippen LogP contribution in [0.5, 0.6) is 11.5 Å². The van der Waals surface area contributed by atoms with Crippen molar-refractivity contribution in [1.82, 2.24) is 20.0 Å². The summed E-state index contributed by atoms with van der Waals surface area (Å²) in [4.78, 5) is 74.4. The molecule has 0 aliphatic carbocycles. The molecule has 0 radical (unpaired) electrons. The lowest BCUT2D eigenvalue weighted by Crippen LogP contribution is -2.49. The quantitative estimate of drug-likeness (QED) is 0.0552. The zero-order valence-electron chi connectivity index (χ0n) is 27.1. The van der Waals surface area contributed by atoms with Gasteiger partial charge in [0.15, 0.2) is 5.75 Å². The Kier molecular flexibility index (Phi) is 18.3. The van der Waals surface area contributed by atoms with E-state index in [9.17, 15) is 57.6 Å². The summed E-state index contributed by atoms with van der Waals surface area (Å²) in [5.41, 5.74) is 1.08. The van der Waals surface area contributed by atoms with Crippen LogP contribution in [0, 0.1) is 10.7 Å². The van der Waals surface area contributed by atoms with Crippen molar-refractivity contribution < 1.29 is 76.6 Å². The molecule has 0 aliphatic rings. The van der Waals surface area contributed by atoms with Crippen LogP contribution in [0.2, 0.25) is 0 Å². The van der Waals surface area contributed by atoms with Gasteiger partial charge in [0.05, 0.1) is 43.4 Å². The fraction of sp³-hybridized carbons (Fsp3) is 0.379. The number of phenols is 1. The van der Waals surface area contributed by atoms with Crippen molar-refractivity contribution in [3.63, 3.8) is 0 Å². The van der Waals surface area contributed by atoms with E-state index in [4.69, 9.17) is 14.8 Å². The van der Waals surface area contributed by atoms with Crippen LogP contribution in [-0.2, 0) is 45.6 Å². The molecule has 292 valence electrons. The number of nitrogens with zero attached hydrogens (tertiary/aromatic N) is 3. The first-order chi connectivity index (χ1) is 24.6. The summed E-state index contributed by atoms with van der Waals surface area (Å²) in [6.45, 7) is -3.83. The lowest BCUT2D eigenvalue weighted by atomic mass is 9.94. The first kappa shape index (κ1) is 46.0. The molecule has 2 aromatic carbocycles. The fourth-order valence-electron chi connectivity index (χ4n) is 4.86. The summed E-state index contributed by atoms with van der Waals surface area (Å²) in [5, 5.41) is 60.1. The highest BCUT2D eigenvalue weighted by Gasteiger charge is 2.27. The van der Waals surface area contributed by atoms with Gasteiger partial charge in [0.1, 0.15) is 11.8 Å². The van der Waals surface area contributed by atoms with Gasteiger partial charge in [-0.2, -0.15) is 8.42 Å². The number of halogens is 3. The third-order valence-electron chi connectivity index (χ3n) is 7.02. The van der Waals surface area contributed by atoms with E-state index < -0.39 is 84.9 Å². The minimum atomic E-state index is -4.84. The van der Waals surface area contributed by atoms with E-state index in [2.05, 4.69) is 9.50 Å². The number of carbonyl (C=O) groups excluding carboxylic acids is 1. The molecule has 0 fully saturated rings. The number of carbonyl (C=O) groups is 6. The highest BCUT2D eigenvalue weighted by Crippen LogP contribution is 2.40. The number of amides is 1. The second kappa shape index (κ2) is 21.1. The van der Waals surface area contributed by atoms with Crippen LogP contribution in [0.25, 0.3) is 11.1 Å². The van der Waals surface area contributed by atoms with E-state index in [1.807, 2.05) is 45.2 Å². The van der Waals surface area contributed by atoms with Crippen LogP contribution in [0.1, 0.15) is 5.56 Å². The van der Waals surface area contributed by atoms with E-state index in [1.54, 1.807) is 22.6 Å². The van der Waals surface area contributed by atoms with Crippen molar-refractivity contribution in [2.75, 3.05) is 58.9 Å². The van der Waals surface area contributed by atoms with Gasteiger partial charge >= 0.3 is 40.2 Å². The number of hydrogen-bond donors (Lipinski definition) is 8. The maximum Gasteiger partial charge on any atom is 0.446 e. The van der Waals surface area contributed by atoms with Crippen molar-refractivity contribution in [2.45, 2.75) is 12.5 Å². The summed E-state index contributed by atoms with van der Waals surface area (Å²) in [6.07, 6.45) is -0.336. The lowest BCUT2D eigenvalue weighted by Gasteiger charge is -2.28. The normalized spacial score (nSPS) is 12.1. The SMILES string of the molecule is O=C(O)CN(CCN(CC(=O)O)CC(=O)O)CCN(CC(=O)O)CC(=O)N[C@@H](Cc1cc(I)c(O)c(I)c1-c1ccc(OS(=O)(=O)O)c(I)c1)C(=O)O. The van der Waals surface area contributed by atoms with Gasteiger partial charge in [-0.05, 0) is 97.1 Å². The lowest BCUT2D eigenvalue weighted by molar-refractivity contribution is -0.143. The predicted molar refractivity (Wildman–Crippen MR) is 207 cm³/mol. The molecule has 20 nitrogen and oxygen atoms in total. The molecule has 2 rings (SSSR count). The van der Waals surface area contributed by atoms with Crippen LogP contribution in [0.3, 0.4) is 0 Å². The third kappa shape index (κ3) is 16.4. The summed E-state index contributed by atoms with van der Waals surface area (Å²) >= 11 is 5.43. The average molecular weight is 1110 g/mol. The average Bonchev–Trinajstić information content (AvgIpc) is 3.00. The Morgan fingerprint density at radius 3 is 1.64 bits per heavy atom. The standard InChI is InChI=1S/C29H33I3N4O16S/c30-17-7-15(1-2-20(17)52-53(49,50)51)26-16(8-18(31)28(46)27(26)32)9-19(29(47)48)33-21(37)10-35(12-23(40)41)5-3-34(11-22(38)39)4-6-36(13-24(42)43)14-25(44)45/h1-2,7-8,19,46H,3-6,9-14H2,(H,33,37)(H,38,39)(H,40,41)(H,42,43)(H,44,45)(H,47,48)(H,49,50,51)/t19-/m0/s1. The highest BCUT2D eigenvalue weighted by molar-refractivity contribution is 14.1. The first-order valence-electron chi connectivity index (χ1n) is 14.8. The van der Waals surface area contributed by atoms with Gasteiger partial charge < -0.3 is 40.1 Å². The van der Waals surface area contributed by atoms with Crippen molar-refractivity contribution >= 4 is 114 Å². The van der Waals surface area contributed by atoms with Crippen molar-refractivity contribution in [1.29, 1.82) is 0 Å². The minimum Gasteiger partial charge on any atom is -0.506 e. The van der Waals surface area contributed by atoms with Crippen LogP contribution >= 0.6 is 67.8 Å². The van der Waals surface area contributed by atoms with E-state index in [0.29, 0.717) is 23.8 Å². The van der Waals surface area contributed by atoms with E-state index >= 15 is 0 Å². The second-order valence-electron chi connectivity index (χ2n) is 11.1. The number of rotatable bonds is 23. The van der Waals surface area contributed by atoms with Crippen LogP contribution in [0.4, 0.5) is 0 Å². The summed E-state index contributed by atoms with van der Waals surface area (Å²) in [6, 6.07) is 4.04. The summed E-state index contributed by atoms with van der Waals surface area (Å²) in [5.74, 6) is -7.94. The van der Waals surface area contributed by atoms with Crippen LogP contribution in [0.15, 0.2) is 24.3 Å². The van der Waals surface area contributed by atoms with Gasteiger partial charge in [0, 0.05) is 38.2 Å². The maximum absolute atomic E-state index is 13.2. The molecule has 0 aromatic heterocycles. The van der Waals surface area contributed by atoms with Crippen molar-refractivity contribution in [3.8, 4) is 22.6 Å². The molecular weight excluding hydrogens is 1070 g/mol. The Morgan fingerprint density at radius 2 is 1.19 bits per heavy atom. The number of carboxylic acid groups (broad SMARTS) is 5. The number of aliphatic carboxylic acids is 5. The van der Waals surface area contributed by atoms with E-state index in [-0.39, 0.29) is 47.7 Å². The molecule has 8 N–H and O–H groups in total. The smallest absolute Gasteiger partial charge is 0.446 e. The molecule has 0 aliphatic heterocycles. The van der Waals surface area contributed by atoms with Gasteiger partial charge in [-0.3, -0.25) is 43.2 Å². The van der Waals surface area contributed by atoms with Crippen LogP contribution in [-0.4, -0.2) is 159 Å². The number of carboxylic acids is 5. The summed E-state index contributed by atoms with van der Waals surface area (Å²) < 4.78 is 36.9. The van der Waals surface area contributed by atoms with Gasteiger partial charge in [-0.1, -0.05) is 6.07 Å². The Balaban J connectivity index is 2.30. The Hall–Kier alpha value is -3.16. The molecule has 1 atom stereocenters. The van der Waals surface area contributed by atoms with E-state index in [0.717, 1.165) is 9.80 Å². The van der Waals surface area contributed by atoms with Gasteiger partial charge in [-0.25, -0.2) is 4.79 Å². The Morgan fingerprint density at radius 1 is 0.717 bits per heavy atom. The number of aromatic hydroxyl groups is 1.